The lowest BCUT2D eigenvalue weighted by Crippen LogP contribution is -2.44. The molecule has 0 spiro atoms. The molecular formula is C24H30N2. The molecule has 26 heavy (non-hydrogen) atoms. The van der Waals surface area contributed by atoms with Gasteiger partial charge in [-0.1, -0.05) is 48.6 Å². The van der Waals surface area contributed by atoms with Crippen LogP contribution in [0.3, 0.4) is 0 Å². The van der Waals surface area contributed by atoms with Gasteiger partial charge in [0.25, 0.3) is 0 Å². The summed E-state index contributed by atoms with van der Waals surface area (Å²) in [6.07, 6.45) is 5.07. The summed E-state index contributed by atoms with van der Waals surface area (Å²) in [6.45, 7) is 13.8. The summed E-state index contributed by atoms with van der Waals surface area (Å²) in [5, 5.41) is 0. The number of para-hydroxylation sites is 1. The first-order chi connectivity index (χ1) is 12.3. The van der Waals surface area contributed by atoms with E-state index in [9.17, 15) is 0 Å². The highest BCUT2D eigenvalue weighted by Gasteiger charge is 2.53. The molecule has 2 heterocycles. The minimum atomic E-state index is 0.0513. The maximum Gasteiger partial charge on any atom is 0.110 e. The third-order valence-electron chi connectivity index (χ3n) is 6.34. The number of hydrogen-bond donors (Lipinski definition) is 0. The Hall–Kier alpha value is -2.06. The Morgan fingerprint density at radius 2 is 1.46 bits per heavy atom. The van der Waals surface area contributed by atoms with E-state index in [1.165, 1.54) is 27.9 Å². The summed E-state index contributed by atoms with van der Waals surface area (Å²) in [7, 11) is 0. The predicted octanol–water partition coefficient (Wildman–Crippen LogP) is 5.54. The van der Waals surface area contributed by atoms with Gasteiger partial charge in [0.1, 0.15) is 6.17 Å². The largest absolute Gasteiger partial charge is 0.347 e. The number of benzene rings is 2. The van der Waals surface area contributed by atoms with Crippen molar-refractivity contribution in [3.8, 4) is 0 Å². The lowest BCUT2D eigenvalue weighted by molar-refractivity contribution is 0.133. The first-order valence-electron chi connectivity index (χ1n) is 9.71. The molecule has 0 bridgehead atoms. The Bertz CT molecular complexity index is 844. The zero-order valence-corrected chi connectivity index (χ0v) is 16.8. The van der Waals surface area contributed by atoms with Gasteiger partial charge in [0, 0.05) is 17.3 Å². The van der Waals surface area contributed by atoms with Crippen LogP contribution in [-0.4, -0.2) is 22.5 Å². The molecule has 0 aromatic heterocycles. The van der Waals surface area contributed by atoms with Crippen LogP contribution >= 0.6 is 0 Å². The fourth-order valence-electron chi connectivity index (χ4n) is 5.01. The molecule has 136 valence electrons. The van der Waals surface area contributed by atoms with Crippen LogP contribution in [0, 0.1) is 20.8 Å². The highest BCUT2D eigenvalue weighted by molar-refractivity contribution is 5.59. The topological polar surface area (TPSA) is 6.48 Å². The van der Waals surface area contributed by atoms with Crippen LogP contribution in [-0.2, 0) is 0 Å². The zero-order valence-electron chi connectivity index (χ0n) is 16.8. The smallest absolute Gasteiger partial charge is 0.110 e. The number of fused-ring (bicyclic) bond motifs is 1. The minimum Gasteiger partial charge on any atom is -0.347 e. The third kappa shape index (κ3) is 2.43. The van der Waals surface area contributed by atoms with Crippen LogP contribution < -0.4 is 4.90 Å². The van der Waals surface area contributed by atoms with E-state index < -0.39 is 0 Å². The third-order valence-corrected chi connectivity index (χ3v) is 6.34. The number of hydrogen-bond acceptors (Lipinski definition) is 2. The van der Waals surface area contributed by atoms with Gasteiger partial charge in [-0.3, -0.25) is 4.90 Å². The first kappa shape index (κ1) is 17.4. The first-order valence-corrected chi connectivity index (χ1v) is 9.71. The molecule has 0 aliphatic carbocycles. The Labute approximate surface area is 158 Å². The molecule has 2 aliphatic rings. The summed E-state index contributed by atoms with van der Waals surface area (Å²) in [6, 6.07) is 16.4. The molecule has 0 amide bonds. The van der Waals surface area contributed by atoms with Gasteiger partial charge in [-0.05, 0) is 69.9 Å². The molecule has 1 saturated heterocycles. The summed E-state index contributed by atoms with van der Waals surface area (Å²) >= 11 is 0. The van der Waals surface area contributed by atoms with Gasteiger partial charge in [-0.2, -0.15) is 0 Å². The maximum absolute atomic E-state index is 2.71. The molecule has 3 atom stereocenters. The Balaban J connectivity index is 1.95. The van der Waals surface area contributed by atoms with Crippen molar-refractivity contribution in [3.63, 3.8) is 0 Å². The van der Waals surface area contributed by atoms with Gasteiger partial charge in [-0.15, -0.1) is 0 Å². The van der Waals surface area contributed by atoms with Crippen LogP contribution in [0.4, 0.5) is 5.69 Å². The molecule has 0 saturated carbocycles. The fraction of sp³-hybridized carbons (Fsp3) is 0.417. The van der Waals surface area contributed by atoms with Crippen LogP contribution in [0.2, 0.25) is 0 Å². The van der Waals surface area contributed by atoms with E-state index in [1.807, 2.05) is 0 Å². The lowest BCUT2D eigenvalue weighted by Gasteiger charge is -2.41. The van der Waals surface area contributed by atoms with E-state index >= 15 is 0 Å². The highest BCUT2D eigenvalue weighted by Crippen LogP contribution is 2.50. The lowest BCUT2D eigenvalue weighted by atomic mass is 9.96. The zero-order chi connectivity index (χ0) is 18.6. The second kappa shape index (κ2) is 5.99. The SMILES string of the molecule is Cc1ccccc1N1C(c2c(C)cccc2C)N2C(C=CC2(C)C)[C@@H]1C. The Kier molecular flexibility index (Phi) is 4.00. The average Bonchev–Trinajstić information content (AvgIpc) is 3.04. The van der Waals surface area contributed by atoms with Gasteiger partial charge in [0.15, 0.2) is 0 Å². The number of anilines is 1. The molecule has 0 N–H and O–H groups in total. The number of rotatable bonds is 2. The van der Waals surface area contributed by atoms with Crippen molar-refractivity contribution in [2.24, 2.45) is 0 Å². The van der Waals surface area contributed by atoms with Gasteiger partial charge in [0.05, 0.1) is 6.04 Å². The average molecular weight is 347 g/mol. The van der Waals surface area contributed by atoms with E-state index in [2.05, 4.69) is 106 Å². The number of aryl methyl sites for hydroxylation is 3. The second-order valence-corrected chi connectivity index (χ2v) is 8.52. The molecule has 2 unspecified atom stereocenters. The Morgan fingerprint density at radius 1 is 0.846 bits per heavy atom. The van der Waals surface area contributed by atoms with Gasteiger partial charge in [-0.25, -0.2) is 0 Å². The summed E-state index contributed by atoms with van der Waals surface area (Å²) < 4.78 is 0. The minimum absolute atomic E-state index is 0.0513. The molecule has 0 radical (unpaired) electrons. The van der Waals surface area contributed by atoms with Gasteiger partial charge < -0.3 is 4.90 Å². The molecule has 4 rings (SSSR count). The van der Waals surface area contributed by atoms with Crippen molar-refractivity contribution in [1.82, 2.24) is 4.90 Å². The molecule has 1 fully saturated rings. The van der Waals surface area contributed by atoms with E-state index in [1.54, 1.807) is 0 Å². The van der Waals surface area contributed by atoms with Gasteiger partial charge in [0.2, 0.25) is 0 Å². The van der Waals surface area contributed by atoms with Crippen molar-refractivity contribution in [3.05, 3.63) is 76.9 Å². The maximum atomic E-state index is 2.71. The van der Waals surface area contributed by atoms with E-state index in [4.69, 9.17) is 0 Å². The van der Waals surface area contributed by atoms with E-state index in [0.717, 1.165) is 0 Å². The van der Waals surface area contributed by atoms with Gasteiger partial charge >= 0.3 is 0 Å². The Morgan fingerprint density at radius 3 is 2.12 bits per heavy atom. The predicted molar refractivity (Wildman–Crippen MR) is 111 cm³/mol. The highest BCUT2D eigenvalue weighted by atomic mass is 15.5. The normalized spacial score (nSPS) is 27.2. The van der Waals surface area contributed by atoms with Crippen molar-refractivity contribution >= 4 is 5.69 Å². The monoisotopic (exact) mass is 346 g/mol. The van der Waals surface area contributed by atoms with Crippen molar-refractivity contribution in [2.45, 2.75) is 65.3 Å². The van der Waals surface area contributed by atoms with Crippen molar-refractivity contribution in [2.75, 3.05) is 4.90 Å². The molecule has 2 nitrogen and oxygen atoms in total. The fourth-order valence-corrected chi connectivity index (χ4v) is 5.01. The van der Waals surface area contributed by atoms with Crippen LogP contribution in [0.15, 0.2) is 54.6 Å². The van der Waals surface area contributed by atoms with Crippen molar-refractivity contribution < 1.29 is 0 Å². The molecule has 2 heteroatoms. The van der Waals surface area contributed by atoms with Crippen molar-refractivity contribution in [1.29, 1.82) is 0 Å². The summed E-state index contributed by atoms with van der Waals surface area (Å²) in [4.78, 5) is 5.36. The molecule has 2 aromatic rings. The van der Waals surface area contributed by atoms with E-state index in [-0.39, 0.29) is 11.7 Å². The standard InChI is InChI=1S/C24H30N2/c1-16-10-7-8-13-20(16)25-19(4)21-14-15-24(5,6)26(21)23(25)22-17(2)11-9-12-18(22)3/h7-15,19,21,23H,1-6H3/t19-,21?,23?/m0/s1. The van der Waals surface area contributed by atoms with Crippen LogP contribution in [0.1, 0.15) is 49.2 Å². The second-order valence-electron chi connectivity index (χ2n) is 8.52. The quantitative estimate of drug-likeness (QED) is 0.659. The van der Waals surface area contributed by atoms with Crippen LogP contribution in [0.25, 0.3) is 0 Å². The summed E-state index contributed by atoms with van der Waals surface area (Å²) in [5.74, 6) is 0. The van der Waals surface area contributed by atoms with E-state index in [0.29, 0.717) is 12.1 Å². The summed E-state index contributed by atoms with van der Waals surface area (Å²) in [5.41, 5.74) is 6.97. The number of nitrogens with zero attached hydrogens (tertiary/aromatic N) is 2. The van der Waals surface area contributed by atoms with Crippen LogP contribution in [0.5, 0.6) is 0 Å². The molecular weight excluding hydrogens is 316 g/mol. The molecule has 2 aromatic carbocycles. The molecule has 2 aliphatic heterocycles.